The van der Waals surface area contributed by atoms with Gasteiger partial charge in [0.05, 0.1) is 30.5 Å². The van der Waals surface area contributed by atoms with Crippen LogP contribution in [0.15, 0.2) is 42.6 Å². The number of carbonyl (C=O) groups is 1. The number of benzene rings is 1. The van der Waals surface area contributed by atoms with Gasteiger partial charge >= 0.3 is 0 Å². The van der Waals surface area contributed by atoms with Gasteiger partial charge in [0.25, 0.3) is 5.91 Å². The molecule has 1 aromatic carbocycles. The third-order valence-electron chi connectivity index (χ3n) is 6.10. The van der Waals surface area contributed by atoms with Crippen LogP contribution in [0.5, 0.6) is 0 Å². The summed E-state index contributed by atoms with van der Waals surface area (Å²) in [6, 6.07) is 12.0. The Balaban J connectivity index is 1.75. The molecule has 32 heavy (non-hydrogen) atoms. The zero-order valence-electron chi connectivity index (χ0n) is 18.5. The Labute approximate surface area is 187 Å². The van der Waals surface area contributed by atoms with E-state index in [2.05, 4.69) is 21.8 Å². The number of carbonyl (C=O) groups excluding carboxylic acids is 1. The van der Waals surface area contributed by atoms with E-state index in [-0.39, 0.29) is 11.9 Å². The van der Waals surface area contributed by atoms with Crippen LogP contribution in [0.1, 0.15) is 28.5 Å². The molecular formula is C24H28N6O2. The van der Waals surface area contributed by atoms with E-state index >= 15 is 0 Å². The van der Waals surface area contributed by atoms with Crippen LogP contribution in [-0.2, 0) is 4.74 Å². The standard InChI is InChI=1S/C24H28N6O2/c1-29(2)24(31)18-6-4-3-5-16(18)19-15-21(30-11-13-32-14-12-30)27-22-17(19)7-9-25-23(22)20-8-10-26-28-20/h3-7,9,15,20,26,28H,8,10-14H2,1-2H3. The fourth-order valence-electron chi connectivity index (χ4n) is 4.43. The number of fused-ring (bicyclic) bond motifs is 1. The van der Waals surface area contributed by atoms with Crippen LogP contribution in [-0.4, -0.2) is 67.7 Å². The van der Waals surface area contributed by atoms with E-state index in [1.54, 1.807) is 19.0 Å². The van der Waals surface area contributed by atoms with E-state index in [4.69, 9.17) is 14.7 Å². The smallest absolute Gasteiger partial charge is 0.253 e. The average Bonchev–Trinajstić information content (AvgIpc) is 3.38. The molecule has 4 heterocycles. The predicted octanol–water partition coefficient (Wildman–Crippen LogP) is 2.37. The van der Waals surface area contributed by atoms with Gasteiger partial charge in [-0.2, -0.15) is 0 Å². The van der Waals surface area contributed by atoms with E-state index in [1.807, 2.05) is 36.5 Å². The molecule has 2 fully saturated rings. The van der Waals surface area contributed by atoms with Crippen LogP contribution < -0.4 is 15.8 Å². The predicted molar refractivity (Wildman–Crippen MR) is 125 cm³/mol. The van der Waals surface area contributed by atoms with Crippen LogP contribution in [0.25, 0.3) is 22.0 Å². The fraction of sp³-hybridized carbons (Fsp3) is 0.375. The summed E-state index contributed by atoms with van der Waals surface area (Å²) in [6.07, 6.45) is 2.79. The number of pyridine rings is 2. The number of amides is 1. The van der Waals surface area contributed by atoms with Crippen molar-refractivity contribution in [1.29, 1.82) is 0 Å². The van der Waals surface area contributed by atoms with E-state index in [9.17, 15) is 4.79 Å². The van der Waals surface area contributed by atoms with Gasteiger partial charge in [0, 0.05) is 50.9 Å². The molecule has 1 atom stereocenters. The Bertz CT molecular complexity index is 1140. The number of hydrogen-bond acceptors (Lipinski definition) is 7. The molecule has 0 bridgehead atoms. The van der Waals surface area contributed by atoms with Gasteiger partial charge in [-0.05, 0) is 35.7 Å². The molecule has 0 radical (unpaired) electrons. The van der Waals surface area contributed by atoms with Crippen LogP contribution in [0.3, 0.4) is 0 Å². The van der Waals surface area contributed by atoms with Crippen LogP contribution >= 0.6 is 0 Å². The number of hydrogen-bond donors (Lipinski definition) is 2. The molecule has 0 spiro atoms. The molecule has 8 heteroatoms. The number of nitrogens with one attached hydrogen (secondary N) is 2. The minimum atomic E-state index is -0.0191. The number of nitrogens with zero attached hydrogens (tertiary/aromatic N) is 4. The first kappa shape index (κ1) is 20.8. The van der Waals surface area contributed by atoms with E-state index in [0.717, 1.165) is 59.6 Å². The zero-order chi connectivity index (χ0) is 22.1. The van der Waals surface area contributed by atoms with Gasteiger partial charge in [0.1, 0.15) is 5.82 Å². The summed E-state index contributed by atoms with van der Waals surface area (Å²) >= 11 is 0. The highest BCUT2D eigenvalue weighted by molar-refractivity contribution is 6.06. The molecule has 2 aliphatic rings. The van der Waals surface area contributed by atoms with Crippen molar-refractivity contribution in [3.63, 3.8) is 0 Å². The van der Waals surface area contributed by atoms with E-state index in [0.29, 0.717) is 18.8 Å². The fourth-order valence-corrected chi connectivity index (χ4v) is 4.43. The van der Waals surface area contributed by atoms with Crippen molar-refractivity contribution >= 4 is 22.6 Å². The first-order valence-corrected chi connectivity index (χ1v) is 11.1. The highest BCUT2D eigenvalue weighted by atomic mass is 16.5. The molecule has 3 aromatic rings. The third kappa shape index (κ3) is 3.81. The lowest BCUT2D eigenvalue weighted by atomic mass is 9.94. The first-order valence-electron chi connectivity index (χ1n) is 11.1. The molecule has 1 amide bonds. The molecule has 2 saturated heterocycles. The molecule has 2 N–H and O–H groups in total. The van der Waals surface area contributed by atoms with Gasteiger partial charge in [-0.3, -0.25) is 15.2 Å². The lowest BCUT2D eigenvalue weighted by molar-refractivity contribution is 0.0828. The van der Waals surface area contributed by atoms with Gasteiger partial charge in [0.2, 0.25) is 0 Å². The second-order valence-corrected chi connectivity index (χ2v) is 8.38. The van der Waals surface area contributed by atoms with Crippen molar-refractivity contribution < 1.29 is 9.53 Å². The third-order valence-corrected chi connectivity index (χ3v) is 6.10. The number of hydrazine groups is 1. The Morgan fingerprint density at radius 2 is 1.97 bits per heavy atom. The van der Waals surface area contributed by atoms with Gasteiger partial charge in [-0.15, -0.1) is 0 Å². The first-order chi connectivity index (χ1) is 15.6. The van der Waals surface area contributed by atoms with Crippen molar-refractivity contribution in [3.8, 4) is 11.1 Å². The number of anilines is 1. The molecule has 166 valence electrons. The maximum Gasteiger partial charge on any atom is 0.253 e. The van der Waals surface area contributed by atoms with Gasteiger partial charge in [-0.25, -0.2) is 10.4 Å². The topological polar surface area (TPSA) is 82.6 Å². The number of morpholine rings is 1. The summed E-state index contributed by atoms with van der Waals surface area (Å²) in [7, 11) is 3.56. The summed E-state index contributed by atoms with van der Waals surface area (Å²) < 4.78 is 5.56. The summed E-state index contributed by atoms with van der Waals surface area (Å²) in [6.45, 7) is 3.82. The molecule has 5 rings (SSSR count). The van der Waals surface area contributed by atoms with Crippen molar-refractivity contribution in [2.24, 2.45) is 0 Å². The minimum absolute atomic E-state index is 0.0191. The second kappa shape index (κ2) is 8.82. The molecule has 2 aliphatic heterocycles. The minimum Gasteiger partial charge on any atom is -0.378 e. The maximum atomic E-state index is 13.0. The number of aromatic nitrogens is 2. The molecule has 2 aromatic heterocycles. The quantitative estimate of drug-likeness (QED) is 0.655. The maximum absolute atomic E-state index is 13.0. The van der Waals surface area contributed by atoms with Crippen molar-refractivity contribution in [2.75, 3.05) is 51.8 Å². The average molecular weight is 433 g/mol. The lowest BCUT2D eigenvalue weighted by Crippen LogP contribution is -2.36. The van der Waals surface area contributed by atoms with Gasteiger partial charge in [-0.1, -0.05) is 18.2 Å². The van der Waals surface area contributed by atoms with Gasteiger partial charge in [0.15, 0.2) is 0 Å². The van der Waals surface area contributed by atoms with Gasteiger partial charge < -0.3 is 14.5 Å². The lowest BCUT2D eigenvalue weighted by Gasteiger charge is -2.29. The molecule has 0 saturated carbocycles. The Kier molecular flexibility index (Phi) is 5.73. The van der Waals surface area contributed by atoms with Crippen molar-refractivity contribution in [2.45, 2.75) is 12.5 Å². The zero-order valence-corrected chi connectivity index (χ0v) is 18.5. The normalized spacial score (nSPS) is 18.8. The van der Waals surface area contributed by atoms with Crippen LogP contribution in [0.4, 0.5) is 5.82 Å². The molecule has 0 aliphatic carbocycles. The highest BCUT2D eigenvalue weighted by Gasteiger charge is 2.25. The summed E-state index contributed by atoms with van der Waals surface area (Å²) in [4.78, 5) is 26.7. The molecule has 1 unspecified atom stereocenters. The van der Waals surface area contributed by atoms with Crippen LogP contribution in [0, 0.1) is 0 Å². The SMILES string of the molecule is CN(C)C(=O)c1ccccc1-c1cc(N2CCOCC2)nc2c(C3CCNN3)nccc12. The Morgan fingerprint density at radius 3 is 2.72 bits per heavy atom. The highest BCUT2D eigenvalue weighted by Crippen LogP contribution is 2.36. The monoisotopic (exact) mass is 432 g/mol. The number of ether oxygens (including phenoxy) is 1. The Hall–Kier alpha value is -3.07. The molecule has 8 nitrogen and oxygen atoms in total. The van der Waals surface area contributed by atoms with Crippen molar-refractivity contribution in [3.05, 3.63) is 53.9 Å². The van der Waals surface area contributed by atoms with Crippen LogP contribution in [0.2, 0.25) is 0 Å². The van der Waals surface area contributed by atoms with Crippen molar-refractivity contribution in [1.82, 2.24) is 25.7 Å². The summed E-state index contributed by atoms with van der Waals surface area (Å²) in [5.74, 6) is 0.873. The van der Waals surface area contributed by atoms with E-state index in [1.165, 1.54) is 0 Å². The Morgan fingerprint density at radius 1 is 1.16 bits per heavy atom. The molecular weight excluding hydrogens is 404 g/mol. The second-order valence-electron chi connectivity index (χ2n) is 8.38. The summed E-state index contributed by atoms with van der Waals surface area (Å²) in [5, 5.41) is 1.000. The number of rotatable bonds is 4. The van der Waals surface area contributed by atoms with E-state index < -0.39 is 0 Å². The largest absolute Gasteiger partial charge is 0.378 e. The summed E-state index contributed by atoms with van der Waals surface area (Å²) in [5.41, 5.74) is 10.9.